The summed E-state index contributed by atoms with van der Waals surface area (Å²) >= 11 is 0. The van der Waals surface area contributed by atoms with Crippen molar-refractivity contribution >= 4 is 0 Å². The van der Waals surface area contributed by atoms with Crippen LogP contribution in [0.1, 0.15) is 18.4 Å². The van der Waals surface area contributed by atoms with Crippen molar-refractivity contribution < 1.29 is 14.2 Å². The van der Waals surface area contributed by atoms with Crippen LogP contribution in [0, 0.1) is 12.8 Å². The van der Waals surface area contributed by atoms with Crippen LogP contribution < -0.4 is 19.5 Å². The third kappa shape index (κ3) is 4.03. The Labute approximate surface area is 115 Å². The van der Waals surface area contributed by atoms with Gasteiger partial charge in [0.1, 0.15) is 6.61 Å². The lowest BCUT2D eigenvalue weighted by molar-refractivity contribution is 0.273. The smallest absolute Gasteiger partial charge is 0.203 e. The molecule has 0 amide bonds. The summed E-state index contributed by atoms with van der Waals surface area (Å²) in [6, 6.07) is 3.91. The molecule has 1 aromatic carbocycles. The molecular weight excluding hydrogens is 242 g/mol. The van der Waals surface area contributed by atoms with Crippen molar-refractivity contribution in [3.63, 3.8) is 0 Å². The second-order valence-electron chi connectivity index (χ2n) is 4.99. The molecule has 2 rings (SSSR count). The SMILES string of the molecule is COc1cc(C)cc(OC)c1OCCNCC1CC1. The zero-order valence-electron chi connectivity index (χ0n) is 12.0. The Kier molecular flexibility index (Phi) is 4.91. The van der Waals surface area contributed by atoms with Crippen LogP contribution in [0.15, 0.2) is 12.1 Å². The maximum atomic E-state index is 5.79. The van der Waals surface area contributed by atoms with E-state index in [1.807, 2.05) is 19.1 Å². The van der Waals surface area contributed by atoms with Crippen molar-refractivity contribution in [3.8, 4) is 17.2 Å². The van der Waals surface area contributed by atoms with Crippen LogP contribution >= 0.6 is 0 Å². The third-order valence-corrected chi connectivity index (χ3v) is 3.26. The fourth-order valence-corrected chi connectivity index (χ4v) is 2.01. The van der Waals surface area contributed by atoms with E-state index in [0.29, 0.717) is 12.4 Å². The molecule has 1 aliphatic rings. The highest BCUT2D eigenvalue weighted by Crippen LogP contribution is 2.38. The largest absolute Gasteiger partial charge is 0.493 e. The minimum atomic E-state index is 0.614. The predicted octanol–water partition coefficient (Wildman–Crippen LogP) is 2.39. The maximum absolute atomic E-state index is 5.79. The molecule has 0 bridgehead atoms. The Morgan fingerprint density at radius 2 is 1.79 bits per heavy atom. The van der Waals surface area contributed by atoms with Crippen molar-refractivity contribution in [2.75, 3.05) is 33.9 Å². The minimum absolute atomic E-state index is 0.614. The first kappa shape index (κ1) is 14.0. The van der Waals surface area contributed by atoms with Gasteiger partial charge in [-0.2, -0.15) is 0 Å². The van der Waals surface area contributed by atoms with Crippen LogP contribution in [0.5, 0.6) is 17.2 Å². The van der Waals surface area contributed by atoms with E-state index in [4.69, 9.17) is 14.2 Å². The zero-order chi connectivity index (χ0) is 13.7. The number of aryl methyl sites for hydroxylation is 1. The lowest BCUT2D eigenvalue weighted by Crippen LogP contribution is -2.23. The van der Waals surface area contributed by atoms with E-state index < -0.39 is 0 Å². The first-order chi connectivity index (χ1) is 9.24. The summed E-state index contributed by atoms with van der Waals surface area (Å²) in [6.45, 7) is 4.57. The van der Waals surface area contributed by atoms with E-state index in [-0.39, 0.29) is 0 Å². The van der Waals surface area contributed by atoms with Crippen LogP contribution in [0.2, 0.25) is 0 Å². The Hall–Kier alpha value is -1.42. The number of ether oxygens (including phenoxy) is 3. The molecule has 4 heteroatoms. The summed E-state index contributed by atoms with van der Waals surface area (Å²) in [5.41, 5.74) is 1.09. The molecule has 0 aromatic heterocycles. The highest BCUT2D eigenvalue weighted by Gasteiger charge is 2.20. The minimum Gasteiger partial charge on any atom is -0.493 e. The summed E-state index contributed by atoms with van der Waals surface area (Å²) in [5.74, 6) is 3.02. The van der Waals surface area contributed by atoms with Gasteiger partial charge in [0.05, 0.1) is 14.2 Å². The molecule has 106 valence electrons. The molecule has 1 aromatic rings. The predicted molar refractivity (Wildman–Crippen MR) is 75.4 cm³/mol. The maximum Gasteiger partial charge on any atom is 0.203 e. The normalized spacial score (nSPS) is 14.3. The van der Waals surface area contributed by atoms with E-state index in [1.165, 1.54) is 12.8 Å². The molecule has 0 aliphatic heterocycles. The number of hydrogen-bond donors (Lipinski definition) is 1. The molecule has 0 spiro atoms. The van der Waals surface area contributed by atoms with Gasteiger partial charge in [-0.15, -0.1) is 0 Å². The topological polar surface area (TPSA) is 39.7 Å². The molecule has 1 saturated carbocycles. The van der Waals surface area contributed by atoms with Gasteiger partial charge < -0.3 is 19.5 Å². The van der Waals surface area contributed by atoms with Crippen LogP contribution in [-0.4, -0.2) is 33.9 Å². The van der Waals surface area contributed by atoms with Gasteiger partial charge >= 0.3 is 0 Å². The molecule has 1 fully saturated rings. The molecule has 1 aliphatic carbocycles. The van der Waals surface area contributed by atoms with E-state index >= 15 is 0 Å². The van der Waals surface area contributed by atoms with Crippen LogP contribution in [-0.2, 0) is 0 Å². The summed E-state index contributed by atoms with van der Waals surface area (Å²) in [4.78, 5) is 0. The first-order valence-corrected chi connectivity index (χ1v) is 6.80. The van der Waals surface area contributed by atoms with E-state index in [1.54, 1.807) is 14.2 Å². The average molecular weight is 265 g/mol. The molecule has 19 heavy (non-hydrogen) atoms. The second-order valence-corrected chi connectivity index (χ2v) is 4.99. The number of nitrogens with one attached hydrogen (secondary N) is 1. The summed E-state index contributed by atoms with van der Waals surface area (Å²) in [7, 11) is 3.29. The standard InChI is InChI=1S/C15H23NO3/c1-11-8-13(17-2)15(14(9-11)18-3)19-7-6-16-10-12-4-5-12/h8-9,12,16H,4-7,10H2,1-3H3. The fraction of sp³-hybridized carbons (Fsp3) is 0.600. The fourth-order valence-electron chi connectivity index (χ4n) is 2.01. The van der Waals surface area contributed by atoms with Gasteiger partial charge in [0.2, 0.25) is 5.75 Å². The number of methoxy groups -OCH3 is 2. The number of rotatable bonds is 8. The van der Waals surface area contributed by atoms with Gasteiger partial charge in [-0.3, -0.25) is 0 Å². The number of benzene rings is 1. The monoisotopic (exact) mass is 265 g/mol. The van der Waals surface area contributed by atoms with Crippen molar-refractivity contribution in [3.05, 3.63) is 17.7 Å². The molecule has 0 heterocycles. The third-order valence-electron chi connectivity index (χ3n) is 3.26. The van der Waals surface area contributed by atoms with Gasteiger partial charge in [0.25, 0.3) is 0 Å². The van der Waals surface area contributed by atoms with Gasteiger partial charge in [0, 0.05) is 6.54 Å². The van der Waals surface area contributed by atoms with E-state index in [2.05, 4.69) is 5.32 Å². The molecule has 0 saturated heterocycles. The lowest BCUT2D eigenvalue weighted by atomic mass is 10.2. The highest BCUT2D eigenvalue weighted by atomic mass is 16.5. The molecule has 0 radical (unpaired) electrons. The first-order valence-electron chi connectivity index (χ1n) is 6.80. The van der Waals surface area contributed by atoms with Crippen molar-refractivity contribution in [2.45, 2.75) is 19.8 Å². The van der Waals surface area contributed by atoms with Crippen LogP contribution in [0.25, 0.3) is 0 Å². The van der Waals surface area contributed by atoms with Gasteiger partial charge in [0.15, 0.2) is 11.5 Å². The molecule has 0 atom stereocenters. The second kappa shape index (κ2) is 6.66. The zero-order valence-corrected chi connectivity index (χ0v) is 12.0. The summed E-state index contributed by atoms with van der Waals surface area (Å²) in [5, 5.41) is 3.40. The van der Waals surface area contributed by atoms with Crippen molar-refractivity contribution in [1.29, 1.82) is 0 Å². The van der Waals surface area contributed by atoms with Crippen molar-refractivity contribution in [2.24, 2.45) is 5.92 Å². The summed E-state index contributed by atoms with van der Waals surface area (Å²) < 4.78 is 16.5. The van der Waals surface area contributed by atoms with Gasteiger partial charge in [-0.1, -0.05) is 0 Å². The summed E-state index contributed by atoms with van der Waals surface area (Å²) in [6.07, 6.45) is 2.74. The van der Waals surface area contributed by atoms with Gasteiger partial charge in [-0.25, -0.2) is 0 Å². The van der Waals surface area contributed by atoms with Crippen molar-refractivity contribution in [1.82, 2.24) is 5.32 Å². The Bertz CT molecular complexity index is 391. The quantitative estimate of drug-likeness (QED) is 0.733. The Morgan fingerprint density at radius 1 is 1.16 bits per heavy atom. The molecular formula is C15H23NO3. The van der Waals surface area contributed by atoms with E-state index in [0.717, 1.165) is 36.1 Å². The molecule has 1 N–H and O–H groups in total. The average Bonchev–Trinajstić information content (AvgIpc) is 3.23. The van der Waals surface area contributed by atoms with Gasteiger partial charge in [-0.05, 0) is 49.9 Å². The molecule has 0 unspecified atom stereocenters. The van der Waals surface area contributed by atoms with Crippen LogP contribution in [0.4, 0.5) is 0 Å². The van der Waals surface area contributed by atoms with E-state index in [9.17, 15) is 0 Å². The lowest BCUT2D eigenvalue weighted by Gasteiger charge is -2.15. The highest BCUT2D eigenvalue weighted by molar-refractivity contribution is 5.53. The Morgan fingerprint density at radius 3 is 2.32 bits per heavy atom. The van der Waals surface area contributed by atoms with Crippen LogP contribution in [0.3, 0.4) is 0 Å². The number of hydrogen-bond acceptors (Lipinski definition) is 4. The molecule has 4 nitrogen and oxygen atoms in total. The Balaban J connectivity index is 1.89.